The predicted octanol–water partition coefficient (Wildman–Crippen LogP) is 1.99. The highest BCUT2D eigenvalue weighted by molar-refractivity contribution is 5.03. The van der Waals surface area contributed by atoms with Gasteiger partial charge in [0.25, 0.3) is 0 Å². The topological polar surface area (TPSA) is 25.8 Å². The van der Waals surface area contributed by atoms with Crippen molar-refractivity contribution in [3.8, 4) is 0 Å². The van der Waals surface area contributed by atoms with E-state index in [1.165, 1.54) is 18.5 Å². The maximum absolute atomic E-state index is 4.46. The minimum absolute atomic E-state index is 0.886. The van der Waals surface area contributed by atoms with Gasteiger partial charge in [0.15, 0.2) is 0 Å². The molecule has 0 unspecified atom stereocenters. The first kappa shape index (κ1) is 7.71. The molecule has 0 bridgehead atoms. The van der Waals surface area contributed by atoms with Crippen LogP contribution in [0.15, 0.2) is 12.3 Å². The van der Waals surface area contributed by atoms with E-state index < -0.39 is 0 Å². The van der Waals surface area contributed by atoms with E-state index in [4.69, 9.17) is 0 Å². The first-order valence-corrected chi connectivity index (χ1v) is 4.69. The van der Waals surface area contributed by atoms with E-state index in [9.17, 15) is 0 Å². The van der Waals surface area contributed by atoms with Gasteiger partial charge in [0, 0.05) is 18.3 Å². The molecule has 2 heteroatoms. The number of hydrogen-bond acceptors (Lipinski definition) is 2. The third-order valence-electron chi connectivity index (χ3n) is 2.29. The lowest BCUT2D eigenvalue weighted by Crippen LogP contribution is -1.98. The second kappa shape index (κ2) is 3.21. The van der Waals surface area contributed by atoms with Gasteiger partial charge >= 0.3 is 0 Å². The Hall–Kier alpha value is -0.920. The normalized spacial score (nSPS) is 16.4. The number of aromatic nitrogens is 2. The number of nitrogens with zero attached hydrogens (tertiary/aromatic N) is 2. The Morgan fingerprint density at radius 1 is 1.50 bits per heavy atom. The molecule has 0 aromatic carbocycles. The second-order valence-electron chi connectivity index (χ2n) is 3.47. The van der Waals surface area contributed by atoms with Gasteiger partial charge in [0.2, 0.25) is 0 Å². The van der Waals surface area contributed by atoms with Crippen LogP contribution in [-0.2, 0) is 12.8 Å². The van der Waals surface area contributed by atoms with Crippen molar-refractivity contribution in [1.82, 2.24) is 9.97 Å². The van der Waals surface area contributed by atoms with Crippen LogP contribution in [0.3, 0.4) is 0 Å². The SMILES string of the molecule is CCc1ccnc(CC2CC2)n1. The molecular formula is C10H14N2. The molecule has 0 atom stereocenters. The average Bonchev–Trinajstić information content (AvgIpc) is 2.89. The van der Waals surface area contributed by atoms with Crippen LogP contribution in [0, 0.1) is 5.92 Å². The monoisotopic (exact) mass is 162 g/mol. The minimum Gasteiger partial charge on any atom is -0.241 e. The van der Waals surface area contributed by atoms with Crippen LogP contribution in [0.2, 0.25) is 0 Å². The van der Waals surface area contributed by atoms with Crippen LogP contribution >= 0.6 is 0 Å². The molecule has 2 rings (SSSR count). The summed E-state index contributed by atoms with van der Waals surface area (Å²) in [6.07, 6.45) is 6.73. The molecule has 1 fully saturated rings. The quantitative estimate of drug-likeness (QED) is 0.679. The van der Waals surface area contributed by atoms with Gasteiger partial charge in [-0.25, -0.2) is 9.97 Å². The van der Waals surface area contributed by atoms with Crippen LogP contribution < -0.4 is 0 Å². The van der Waals surface area contributed by atoms with Gasteiger partial charge in [-0.1, -0.05) is 6.92 Å². The number of rotatable bonds is 3. The molecular weight excluding hydrogens is 148 g/mol. The Morgan fingerprint density at radius 2 is 2.33 bits per heavy atom. The second-order valence-corrected chi connectivity index (χ2v) is 3.47. The fourth-order valence-electron chi connectivity index (χ4n) is 1.32. The summed E-state index contributed by atoms with van der Waals surface area (Å²) in [6.45, 7) is 2.13. The molecule has 0 N–H and O–H groups in total. The summed E-state index contributed by atoms with van der Waals surface area (Å²) in [5.74, 6) is 1.92. The molecule has 1 saturated carbocycles. The molecule has 0 amide bonds. The summed E-state index contributed by atoms with van der Waals surface area (Å²) in [5.41, 5.74) is 1.17. The van der Waals surface area contributed by atoms with Crippen molar-refractivity contribution in [3.05, 3.63) is 23.8 Å². The maximum Gasteiger partial charge on any atom is 0.128 e. The molecule has 12 heavy (non-hydrogen) atoms. The third kappa shape index (κ3) is 1.81. The third-order valence-corrected chi connectivity index (χ3v) is 2.29. The summed E-state index contributed by atoms with van der Waals surface area (Å²) < 4.78 is 0. The molecule has 1 aliphatic carbocycles. The van der Waals surface area contributed by atoms with Crippen molar-refractivity contribution in [2.45, 2.75) is 32.6 Å². The van der Waals surface area contributed by atoms with Crippen molar-refractivity contribution >= 4 is 0 Å². The van der Waals surface area contributed by atoms with E-state index in [1.54, 1.807) is 0 Å². The van der Waals surface area contributed by atoms with Crippen LogP contribution in [-0.4, -0.2) is 9.97 Å². The Morgan fingerprint density at radius 3 is 3.00 bits per heavy atom. The predicted molar refractivity (Wildman–Crippen MR) is 47.8 cm³/mol. The molecule has 1 heterocycles. The lowest BCUT2D eigenvalue weighted by molar-refractivity contribution is 0.757. The first-order valence-electron chi connectivity index (χ1n) is 4.69. The van der Waals surface area contributed by atoms with E-state index >= 15 is 0 Å². The summed E-state index contributed by atoms with van der Waals surface area (Å²) in [5, 5.41) is 0. The van der Waals surface area contributed by atoms with Crippen LogP contribution in [0.1, 0.15) is 31.3 Å². The van der Waals surface area contributed by atoms with Gasteiger partial charge in [-0.05, 0) is 31.2 Å². The van der Waals surface area contributed by atoms with E-state index in [-0.39, 0.29) is 0 Å². The maximum atomic E-state index is 4.46. The average molecular weight is 162 g/mol. The molecule has 0 spiro atoms. The van der Waals surface area contributed by atoms with Gasteiger partial charge in [-0.2, -0.15) is 0 Å². The number of hydrogen-bond donors (Lipinski definition) is 0. The molecule has 0 saturated heterocycles. The molecule has 1 aromatic heterocycles. The highest BCUT2D eigenvalue weighted by Gasteiger charge is 2.22. The van der Waals surface area contributed by atoms with Gasteiger partial charge in [0.1, 0.15) is 5.82 Å². The lowest BCUT2D eigenvalue weighted by Gasteiger charge is -1.99. The van der Waals surface area contributed by atoms with Crippen molar-refractivity contribution < 1.29 is 0 Å². The fraction of sp³-hybridized carbons (Fsp3) is 0.600. The van der Waals surface area contributed by atoms with E-state index in [0.717, 1.165) is 24.6 Å². The van der Waals surface area contributed by atoms with Crippen LogP contribution in [0.25, 0.3) is 0 Å². The molecule has 1 aliphatic rings. The highest BCUT2D eigenvalue weighted by atomic mass is 14.9. The van der Waals surface area contributed by atoms with E-state index in [2.05, 4.69) is 16.9 Å². The van der Waals surface area contributed by atoms with Gasteiger partial charge < -0.3 is 0 Å². The summed E-state index contributed by atoms with van der Waals surface area (Å²) in [6, 6.07) is 2.00. The van der Waals surface area contributed by atoms with Gasteiger partial charge in [-0.3, -0.25) is 0 Å². The zero-order chi connectivity index (χ0) is 8.39. The zero-order valence-electron chi connectivity index (χ0n) is 7.45. The Kier molecular flexibility index (Phi) is 2.07. The summed E-state index contributed by atoms with van der Waals surface area (Å²) >= 11 is 0. The standard InChI is InChI=1S/C10H14N2/c1-2-9-5-6-11-10(12-9)7-8-3-4-8/h5-6,8H,2-4,7H2,1H3. The van der Waals surface area contributed by atoms with Crippen molar-refractivity contribution in [3.63, 3.8) is 0 Å². The first-order chi connectivity index (χ1) is 5.88. The van der Waals surface area contributed by atoms with Gasteiger partial charge in [-0.15, -0.1) is 0 Å². The molecule has 2 nitrogen and oxygen atoms in total. The molecule has 1 aromatic rings. The minimum atomic E-state index is 0.886. The van der Waals surface area contributed by atoms with Gasteiger partial charge in [0.05, 0.1) is 0 Å². The van der Waals surface area contributed by atoms with E-state index in [0.29, 0.717) is 0 Å². The zero-order valence-corrected chi connectivity index (χ0v) is 7.45. The lowest BCUT2D eigenvalue weighted by atomic mass is 10.2. The Balaban J connectivity index is 2.08. The van der Waals surface area contributed by atoms with E-state index in [1.807, 2.05) is 12.3 Å². The Labute approximate surface area is 73.1 Å². The molecule has 64 valence electrons. The molecule has 0 aliphatic heterocycles. The number of aryl methyl sites for hydroxylation is 1. The molecule has 0 radical (unpaired) electrons. The van der Waals surface area contributed by atoms with Crippen molar-refractivity contribution in [2.24, 2.45) is 5.92 Å². The summed E-state index contributed by atoms with van der Waals surface area (Å²) in [4.78, 5) is 8.72. The Bertz CT molecular complexity index is 266. The largest absolute Gasteiger partial charge is 0.241 e. The highest BCUT2D eigenvalue weighted by Crippen LogP contribution is 2.31. The fourth-order valence-corrected chi connectivity index (χ4v) is 1.32. The van der Waals surface area contributed by atoms with Crippen molar-refractivity contribution in [2.75, 3.05) is 0 Å². The van der Waals surface area contributed by atoms with Crippen molar-refractivity contribution in [1.29, 1.82) is 0 Å². The smallest absolute Gasteiger partial charge is 0.128 e. The van der Waals surface area contributed by atoms with Crippen LogP contribution in [0.5, 0.6) is 0 Å². The van der Waals surface area contributed by atoms with Crippen LogP contribution in [0.4, 0.5) is 0 Å². The summed E-state index contributed by atoms with van der Waals surface area (Å²) in [7, 11) is 0.